The van der Waals surface area contributed by atoms with Crippen LogP contribution in [0.1, 0.15) is 5.56 Å². The van der Waals surface area contributed by atoms with Crippen LogP contribution in [0.2, 0.25) is 0 Å². The Labute approximate surface area is 120 Å². The van der Waals surface area contributed by atoms with Gasteiger partial charge in [0.2, 0.25) is 0 Å². The number of hydrogen-bond acceptors (Lipinski definition) is 4. The van der Waals surface area contributed by atoms with Crippen molar-refractivity contribution >= 4 is 11.0 Å². The average Bonchev–Trinajstić information content (AvgIpc) is 2.54. The van der Waals surface area contributed by atoms with Crippen molar-refractivity contribution in [2.24, 2.45) is 0 Å². The van der Waals surface area contributed by atoms with E-state index in [0.717, 1.165) is 16.5 Å². The van der Waals surface area contributed by atoms with Crippen LogP contribution in [-0.2, 0) is 6.61 Å². The van der Waals surface area contributed by atoms with Crippen molar-refractivity contribution in [1.82, 2.24) is 0 Å². The summed E-state index contributed by atoms with van der Waals surface area (Å²) in [5.41, 5.74) is 2.46. The van der Waals surface area contributed by atoms with Crippen molar-refractivity contribution in [3.8, 4) is 22.6 Å². The lowest BCUT2D eigenvalue weighted by atomic mass is 9.97. The number of hydrogen-bond donors (Lipinski definition) is 0. The predicted octanol–water partition coefficient (Wildman–Crippen LogP) is 3.36. The monoisotopic (exact) mass is 280 g/mol. The minimum absolute atomic E-state index is 0.380. The Balaban J connectivity index is 2.12. The molecule has 2 heterocycles. The van der Waals surface area contributed by atoms with E-state index >= 15 is 0 Å². The van der Waals surface area contributed by atoms with Crippen LogP contribution < -0.4 is 15.1 Å². The van der Waals surface area contributed by atoms with Gasteiger partial charge in [0.15, 0.2) is 0 Å². The maximum atomic E-state index is 12.3. The minimum atomic E-state index is -0.380. The molecule has 1 aliphatic rings. The quantitative estimate of drug-likeness (QED) is 0.641. The molecule has 4 rings (SSSR count). The van der Waals surface area contributed by atoms with Crippen LogP contribution in [0.25, 0.3) is 22.1 Å². The number of benzene rings is 2. The first-order valence-corrected chi connectivity index (χ1v) is 6.64. The number of fused-ring (bicyclic) bond motifs is 5. The molecule has 104 valence electrons. The Morgan fingerprint density at radius 2 is 2.00 bits per heavy atom. The first kappa shape index (κ1) is 12.0. The van der Waals surface area contributed by atoms with E-state index < -0.39 is 0 Å². The molecule has 1 aromatic heterocycles. The predicted molar refractivity (Wildman–Crippen MR) is 78.8 cm³/mol. The van der Waals surface area contributed by atoms with Crippen LogP contribution in [0, 0.1) is 0 Å². The summed E-state index contributed by atoms with van der Waals surface area (Å²) in [7, 11) is 1.60. The third kappa shape index (κ3) is 1.72. The maximum Gasteiger partial charge on any atom is 0.348 e. The zero-order valence-corrected chi connectivity index (χ0v) is 11.4. The third-order valence-electron chi connectivity index (χ3n) is 3.72. The van der Waals surface area contributed by atoms with Crippen LogP contribution in [0.15, 0.2) is 51.7 Å². The molecule has 0 bridgehead atoms. The van der Waals surface area contributed by atoms with Crippen LogP contribution >= 0.6 is 0 Å². The molecule has 4 nitrogen and oxygen atoms in total. The molecule has 0 saturated heterocycles. The van der Waals surface area contributed by atoms with E-state index in [1.54, 1.807) is 19.2 Å². The zero-order valence-electron chi connectivity index (χ0n) is 11.4. The van der Waals surface area contributed by atoms with E-state index in [4.69, 9.17) is 13.9 Å². The highest BCUT2D eigenvalue weighted by Gasteiger charge is 2.24. The summed E-state index contributed by atoms with van der Waals surface area (Å²) in [6.07, 6.45) is 0. The molecule has 0 saturated carbocycles. The van der Waals surface area contributed by atoms with Gasteiger partial charge in [-0.1, -0.05) is 24.3 Å². The standard InChI is InChI=1S/C17H12O4/c1-19-11-6-7-14-13(8-11)16-15(17(18)21-14)12-5-3-2-4-10(12)9-20-16/h2-8H,9H2,1H3. The van der Waals surface area contributed by atoms with Gasteiger partial charge in [-0.05, 0) is 29.3 Å². The summed E-state index contributed by atoms with van der Waals surface area (Å²) in [6, 6.07) is 13.0. The van der Waals surface area contributed by atoms with Gasteiger partial charge in [-0.3, -0.25) is 0 Å². The van der Waals surface area contributed by atoms with E-state index in [-0.39, 0.29) is 5.63 Å². The third-order valence-corrected chi connectivity index (χ3v) is 3.72. The molecule has 0 atom stereocenters. The number of methoxy groups -OCH3 is 1. The Kier molecular flexibility index (Phi) is 2.51. The molecule has 0 N–H and O–H groups in total. The van der Waals surface area contributed by atoms with Crippen molar-refractivity contribution in [3.05, 3.63) is 58.4 Å². The molecular formula is C17H12O4. The first-order valence-electron chi connectivity index (χ1n) is 6.64. The van der Waals surface area contributed by atoms with Crippen molar-refractivity contribution in [2.75, 3.05) is 7.11 Å². The van der Waals surface area contributed by atoms with Gasteiger partial charge in [0.05, 0.1) is 12.5 Å². The fourth-order valence-corrected chi connectivity index (χ4v) is 2.70. The number of rotatable bonds is 1. The minimum Gasteiger partial charge on any atom is -0.497 e. The van der Waals surface area contributed by atoms with Crippen LogP contribution in [0.5, 0.6) is 11.5 Å². The lowest BCUT2D eigenvalue weighted by Crippen LogP contribution is -2.13. The fraction of sp³-hybridized carbons (Fsp3) is 0.118. The molecule has 0 fully saturated rings. The SMILES string of the molecule is COc1ccc2oc(=O)c3c(c2c1)OCc1ccccc1-3. The molecule has 3 aromatic rings. The van der Waals surface area contributed by atoms with Crippen molar-refractivity contribution < 1.29 is 13.9 Å². The number of ether oxygens (including phenoxy) is 2. The summed E-state index contributed by atoms with van der Waals surface area (Å²) >= 11 is 0. The molecule has 21 heavy (non-hydrogen) atoms. The lowest BCUT2D eigenvalue weighted by molar-refractivity contribution is 0.303. The van der Waals surface area contributed by atoms with Gasteiger partial charge in [0.25, 0.3) is 0 Å². The fourth-order valence-electron chi connectivity index (χ4n) is 2.70. The topological polar surface area (TPSA) is 48.7 Å². The highest BCUT2D eigenvalue weighted by molar-refractivity contribution is 5.92. The lowest BCUT2D eigenvalue weighted by Gasteiger charge is -2.20. The Morgan fingerprint density at radius 3 is 2.86 bits per heavy atom. The Bertz CT molecular complexity index is 908. The van der Waals surface area contributed by atoms with Gasteiger partial charge in [-0.25, -0.2) is 4.79 Å². The molecule has 0 spiro atoms. The summed E-state index contributed by atoms with van der Waals surface area (Å²) in [6.45, 7) is 0.443. The Morgan fingerprint density at radius 1 is 1.14 bits per heavy atom. The zero-order chi connectivity index (χ0) is 14.4. The van der Waals surface area contributed by atoms with Gasteiger partial charge in [0.1, 0.15) is 29.3 Å². The van der Waals surface area contributed by atoms with E-state index in [0.29, 0.717) is 29.3 Å². The molecule has 4 heteroatoms. The second-order valence-corrected chi connectivity index (χ2v) is 4.90. The van der Waals surface area contributed by atoms with Gasteiger partial charge >= 0.3 is 5.63 Å². The van der Waals surface area contributed by atoms with E-state index in [2.05, 4.69) is 0 Å². The van der Waals surface area contributed by atoms with E-state index in [1.807, 2.05) is 30.3 Å². The smallest absolute Gasteiger partial charge is 0.348 e. The van der Waals surface area contributed by atoms with Gasteiger partial charge in [-0.2, -0.15) is 0 Å². The van der Waals surface area contributed by atoms with E-state index in [1.165, 1.54) is 0 Å². The summed E-state index contributed by atoms with van der Waals surface area (Å²) < 4.78 is 16.5. The van der Waals surface area contributed by atoms with Crippen molar-refractivity contribution in [3.63, 3.8) is 0 Å². The summed E-state index contributed by atoms with van der Waals surface area (Å²) in [5, 5.41) is 0.749. The molecule has 0 radical (unpaired) electrons. The van der Waals surface area contributed by atoms with Crippen LogP contribution in [-0.4, -0.2) is 7.11 Å². The maximum absolute atomic E-state index is 12.3. The largest absolute Gasteiger partial charge is 0.497 e. The summed E-state index contributed by atoms with van der Waals surface area (Å²) in [5.74, 6) is 1.26. The molecule has 2 aromatic carbocycles. The normalized spacial score (nSPS) is 12.4. The van der Waals surface area contributed by atoms with Gasteiger partial charge in [0, 0.05) is 0 Å². The molecule has 0 amide bonds. The first-order chi connectivity index (χ1) is 10.3. The van der Waals surface area contributed by atoms with Crippen LogP contribution in [0.4, 0.5) is 0 Å². The second-order valence-electron chi connectivity index (χ2n) is 4.90. The highest BCUT2D eigenvalue weighted by atomic mass is 16.5. The molecule has 0 unspecified atom stereocenters. The molecule has 0 aliphatic carbocycles. The van der Waals surface area contributed by atoms with E-state index in [9.17, 15) is 4.79 Å². The van der Waals surface area contributed by atoms with Gasteiger partial charge in [-0.15, -0.1) is 0 Å². The second kappa shape index (κ2) is 4.38. The molecular weight excluding hydrogens is 268 g/mol. The van der Waals surface area contributed by atoms with Crippen molar-refractivity contribution in [1.29, 1.82) is 0 Å². The summed E-state index contributed by atoms with van der Waals surface area (Å²) in [4.78, 5) is 12.3. The Hall–Kier alpha value is -2.75. The van der Waals surface area contributed by atoms with Crippen LogP contribution in [0.3, 0.4) is 0 Å². The van der Waals surface area contributed by atoms with Gasteiger partial charge < -0.3 is 13.9 Å². The highest BCUT2D eigenvalue weighted by Crippen LogP contribution is 2.40. The molecule has 1 aliphatic heterocycles. The average molecular weight is 280 g/mol. The van der Waals surface area contributed by atoms with Crippen molar-refractivity contribution in [2.45, 2.75) is 6.61 Å².